The Kier molecular flexibility index (Phi) is 29.5. The van der Waals surface area contributed by atoms with Crippen molar-refractivity contribution >= 4 is 78.6 Å². The minimum Gasteiger partial charge on any atom is -0.397 e. The van der Waals surface area contributed by atoms with Gasteiger partial charge in [-0.1, -0.05) is 185 Å². The number of allylic oxidation sites excluding steroid dienone is 8. The molecule has 1 fully saturated rings. The number of amides is 1. The molecule has 0 atom stereocenters. The number of thiazole rings is 2. The first-order chi connectivity index (χ1) is 41.5. The number of anilines is 6. The van der Waals surface area contributed by atoms with Gasteiger partial charge in [0.1, 0.15) is 5.65 Å². The van der Waals surface area contributed by atoms with Crippen molar-refractivity contribution in [2.75, 3.05) is 34.8 Å². The Morgan fingerprint density at radius 1 is 0.741 bits per heavy atom. The molecule has 6 N–H and O–H groups in total. The third-order valence-electron chi connectivity index (χ3n) is 14.0. The zero-order valence-corrected chi connectivity index (χ0v) is 54.3. The summed E-state index contributed by atoms with van der Waals surface area (Å²) in [4.78, 5) is 33.3. The summed E-state index contributed by atoms with van der Waals surface area (Å²) >= 11 is 3.19. The first kappa shape index (κ1) is 68.0. The lowest BCUT2D eigenvalue weighted by atomic mass is 10.0. The summed E-state index contributed by atoms with van der Waals surface area (Å²) in [5, 5.41) is 14.7. The molecule has 4 aromatic heterocycles. The van der Waals surface area contributed by atoms with E-state index >= 15 is 0 Å². The van der Waals surface area contributed by atoms with Gasteiger partial charge in [0.05, 0.1) is 38.7 Å². The lowest BCUT2D eigenvalue weighted by Gasteiger charge is -2.26. The third kappa shape index (κ3) is 20.5. The fourth-order valence-electron chi connectivity index (χ4n) is 9.37. The summed E-state index contributed by atoms with van der Waals surface area (Å²) in [6, 6.07) is 27.6. The predicted octanol–water partition coefficient (Wildman–Crippen LogP) is 20.2. The first-order valence-corrected chi connectivity index (χ1v) is 32.5. The van der Waals surface area contributed by atoms with Crippen LogP contribution < -0.4 is 27.0 Å². The molecule has 2 aliphatic heterocycles. The molecule has 0 unspecified atom stereocenters. The highest BCUT2D eigenvalue weighted by molar-refractivity contribution is 7.19. The Balaban J connectivity index is 0.000000260. The number of pyridine rings is 1. The van der Waals surface area contributed by atoms with Gasteiger partial charge in [-0.2, -0.15) is 0 Å². The largest absolute Gasteiger partial charge is 0.397 e. The Morgan fingerprint density at radius 3 is 2.02 bits per heavy atom. The summed E-state index contributed by atoms with van der Waals surface area (Å²) in [5.41, 5.74) is 20.5. The minimum atomic E-state index is -0.0792. The number of carbonyl (C=O) groups is 1. The quantitative estimate of drug-likeness (QED) is 0.0393. The number of para-hydroxylation sites is 2. The number of piperidine rings is 1. The molecule has 0 saturated carbocycles. The molecule has 0 bridgehead atoms. The van der Waals surface area contributed by atoms with Gasteiger partial charge in [-0.05, 0) is 148 Å². The number of nitrogens with two attached hydrogens (primary N) is 1. The van der Waals surface area contributed by atoms with Crippen LogP contribution in [0.1, 0.15) is 173 Å². The molecule has 0 spiro atoms. The fraction of sp³-hybridized carbons (Fsp3) is 0.352. The summed E-state index contributed by atoms with van der Waals surface area (Å²) in [5.74, 6) is -0.0792. The predicted molar refractivity (Wildman–Crippen MR) is 370 cm³/mol. The molecule has 14 heteroatoms. The van der Waals surface area contributed by atoms with E-state index in [1.165, 1.54) is 75.6 Å². The molecule has 3 aromatic carbocycles. The van der Waals surface area contributed by atoms with E-state index in [0.29, 0.717) is 11.3 Å². The van der Waals surface area contributed by atoms with Gasteiger partial charge in [0.2, 0.25) is 0 Å². The maximum atomic E-state index is 12.7. The van der Waals surface area contributed by atoms with Crippen LogP contribution in [0.3, 0.4) is 0 Å². The Labute approximate surface area is 517 Å². The van der Waals surface area contributed by atoms with Crippen LogP contribution in [0.25, 0.3) is 27.6 Å². The maximum absolute atomic E-state index is 12.7. The molecule has 3 aliphatic rings. The fourth-order valence-corrected chi connectivity index (χ4v) is 11.1. The van der Waals surface area contributed by atoms with Crippen LogP contribution >= 0.6 is 22.7 Å². The van der Waals surface area contributed by atoms with E-state index in [0.717, 1.165) is 108 Å². The van der Waals surface area contributed by atoms with Gasteiger partial charge in [0.25, 0.3) is 5.91 Å². The molecule has 6 heterocycles. The van der Waals surface area contributed by atoms with E-state index in [2.05, 4.69) is 139 Å². The number of imidazole rings is 1. The van der Waals surface area contributed by atoms with Crippen LogP contribution in [-0.4, -0.2) is 48.1 Å². The maximum Gasteiger partial charge on any atom is 0.255 e. The summed E-state index contributed by atoms with van der Waals surface area (Å²) < 4.78 is 2.13. The number of nitrogen functional groups attached to an aromatic ring is 1. The Bertz CT molecular complexity index is 3330. The minimum absolute atomic E-state index is 0.0792. The van der Waals surface area contributed by atoms with Gasteiger partial charge in [0.15, 0.2) is 10.3 Å². The standard InChI is InChI=1S/C30H32N6OS.C28H29N5S.C7H16.3C2H6/c1-21-7-3-4-8-25(21)34-29(37)23-9-11-24(12-10-23)33-30-32-19-27(38-30)26-18-31-28-17-22(13-16-36(26)28)20-35-14-5-2-6-15-35;1-5-21-12-11-19(3)33(18-21)26(6-2)27-17-30-28(34-27)32-23-15-13-22(14-16-23)20(4)31-25-10-8-7-9-24(25)29;1-3-5-7-6-4-2;3*1-2/h3,7,9-13,16-19H,2,4-6,8,14-15,20H2,1H3,(H,32,33)(H,34,37);6-18,31H,3-5,29H2,1-2H3,(H,30,32);3-7H2,1-2H3;3*1-2H3/b;26-6-;;;;. The van der Waals surface area contributed by atoms with E-state index in [1.807, 2.05) is 147 Å². The van der Waals surface area contributed by atoms with Crippen LogP contribution in [0, 0.1) is 0 Å². The molecular weight excluding hydrogens is 1090 g/mol. The molecular formula is C71H95N11OS2. The van der Waals surface area contributed by atoms with Crippen LogP contribution in [-0.2, 0) is 6.54 Å². The van der Waals surface area contributed by atoms with E-state index in [9.17, 15) is 4.79 Å². The number of hydrogen-bond acceptors (Lipinski definition) is 12. The van der Waals surface area contributed by atoms with Crippen molar-refractivity contribution in [1.29, 1.82) is 0 Å². The third-order valence-corrected chi connectivity index (χ3v) is 15.9. The molecule has 1 aliphatic carbocycles. The second kappa shape index (κ2) is 36.8. The van der Waals surface area contributed by atoms with Gasteiger partial charge < -0.3 is 31.9 Å². The van der Waals surface area contributed by atoms with Crippen LogP contribution in [0.15, 0.2) is 182 Å². The molecule has 85 heavy (non-hydrogen) atoms. The summed E-state index contributed by atoms with van der Waals surface area (Å²) in [6.07, 6.45) is 34.2. The van der Waals surface area contributed by atoms with Crippen molar-refractivity contribution in [3.8, 4) is 10.6 Å². The number of benzene rings is 3. The lowest BCUT2D eigenvalue weighted by molar-refractivity contribution is 0.0964. The highest BCUT2D eigenvalue weighted by Gasteiger charge is 2.19. The summed E-state index contributed by atoms with van der Waals surface area (Å²) in [6.45, 7) is 34.4. The van der Waals surface area contributed by atoms with Crippen molar-refractivity contribution in [2.45, 2.75) is 153 Å². The highest BCUT2D eigenvalue weighted by Crippen LogP contribution is 2.35. The van der Waals surface area contributed by atoms with Crippen molar-refractivity contribution in [3.05, 3.63) is 204 Å². The molecule has 7 aromatic rings. The molecule has 12 nitrogen and oxygen atoms in total. The number of aromatic nitrogens is 4. The smallest absolute Gasteiger partial charge is 0.255 e. The number of carbonyl (C=O) groups excluding carboxylic acids is 1. The normalized spacial score (nSPS) is 13.7. The molecule has 1 amide bonds. The summed E-state index contributed by atoms with van der Waals surface area (Å²) in [7, 11) is 0. The van der Waals surface area contributed by atoms with Gasteiger partial charge in [-0.15, -0.1) is 0 Å². The number of nitrogens with zero attached hydrogens (tertiary/aromatic N) is 6. The van der Waals surface area contributed by atoms with E-state index < -0.39 is 0 Å². The van der Waals surface area contributed by atoms with Gasteiger partial charge in [-0.25, -0.2) is 15.0 Å². The topological polar surface area (TPSA) is 141 Å². The zero-order chi connectivity index (χ0) is 61.5. The SMILES string of the molecule is C=C(Nc1ccccc1N)c1ccc(Nc2ncc(/C(=C/C)N3C=C(CC)C=CC3=C)s2)cc1.CC.CC.CC.CC1=C(NC(=O)c2ccc(Nc3ncc(-c4cnc5cc(CN6CCCCC6)ccn45)s3)cc2)CCC=C1.CCCCCCC. The number of rotatable bonds is 19. The number of hydrogen-bond donors (Lipinski definition) is 5. The highest BCUT2D eigenvalue weighted by atomic mass is 32.1. The molecule has 1 saturated heterocycles. The lowest BCUT2D eigenvalue weighted by Crippen LogP contribution is -2.29. The van der Waals surface area contributed by atoms with Gasteiger partial charge >= 0.3 is 0 Å². The number of nitrogens with one attached hydrogen (secondary N) is 4. The molecule has 0 radical (unpaired) electrons. The van der Waals surface area contributed by atoms with Crippen molar-refractivity contribution in [3.63, 3.8) is 0 Å². The van der Waals surface area contributed by atoms with Crippen molar-refractivity contribution in [1.82, 2.24) is 34.5 Å². The first-order valence-electron chi connectivity index (χ1n) is 30.9. The number of unbranched alkanes of at least 4 members (excludes halogenated alkanes) is 4. The van der Waals surface area contributed by atoms with Gasteiger partial charge in [-0.3, -0.25) is 14.1 Å². The Morgan fingerprint density at radius 2 is 1.39 bits per heavy atom. The average molecular weight is 1180 g/mol. The van der Waals surface area contributed by atoms with Crippen LogP contribution in [0.2, 0.25) is 0 Å². The monoisotopic (exact) mass is 1180 g/mol. The second-order valence-corrected chi connectivity index (χ2v) is 22.0. The molecule has 452 valence electrons. The van der Waals surface area contributed by atoms with E-state index in [4.69, 9.17) is 5.73 Å². The number of likely N-dealkylation sites (tertiary alicyclic amines) is 1. The van der Waals surface area contributed by atoms with E-state index in [1.54, 1.807) is 22.7 Å². The van der Waals surface area contributed by atoms with E-state index in [-0.39, 0.29) is 5.91 Å². The Hall–Kier alpha value is -7.78. The average Bonchev–Trinajstić information content (AvgIpc) is 4.48. The van der Waals surface area contributed by atoms with Gasteiger partial charge in [0, 0.05) is 65.4 Å². The van der Waals surface area contributed by atoms with Crippen molar-refractivity contribution in [2.24, 2.45) is 0 Å². The molecule has 10 rings (SSSR count). The van der Waals surface area contributed by atoms with Crippen LogP contribution in [0.4, 0.5) is 33.0 Å². The number of fused-ring (bicyclic) bond motifs is 1. The zero-order valence-electron chi connectivity index (χ0n) is 52.7. The van der Waals surface area contributed by atoms with Crippen LogP contribution in [0.5, 0.6) is 0 Å². The van der Waals surface area contributed by atoms with Crippen molar-refractivity contribution < 1.29 is 4.79 Å². The second-order valence-electron chi connectivity index (χ2n) is 19.9.